The highest BCUT2D eigenvalue weighted by atomic mass is 32.1. The number of ether oxygens (including phenoxy) is 1. The van der Waals surface area contributed by atoms with Crippen LogP contribution in [0.5, 0.6) is 0 Å². The van der Waals surface area contributed by atoms with Crippen molar-refractivity contribution in [2.24, 2.45) is 5.73 Å². The Bertz CT molecular complexity index is 317. The van der Waals surface area contributed by atoms with E-state index < -0.39 is 5.60 Å². The maximum absolute atomic E-state index is 11.4. The highest BCUT2D eigenvalue weighted by Crippen LogP contribution is 2.18. The predicted molar refractivity (Wildman–Crippen MR) is 59.5 cm³/mol. The first kappa shape index (κ1) is 12.1. The Kier molecular flexibility index (Phi) is 3.82. The summed E-state index contributed by atoms with van der Waals surface area (Å²) in [5, 5.41) is 2.60. The number of carbonyl (C=O) groups excluding carboxylic acids is 1. The fourth-order valence-electron chi connectivity index (χ4n) is 1.07. The molecule has 0 fully saturated rings. The number of hydrogen-bond donors (Lipinski definition) is 1. The Morgan fingerprint density at radius 3 is 2.80 bits per heavy atom. The monoisotopic (exact) mass is 228 g/mol. The molecule has 2 N–H and O–H groups in total. The molecular weight excluding hydrogens is 212 g/mol. The van der Waals surface area contributed by atoms with E-state index in [2.05, 4.69) is 4.98 Å². The third-order valence-electron chi connectivity index (χ3n) is 1.58. The first-order valence-corrected chi connectivity index (χ1v) is 5.63. The van der Waals surface area contributed by atoms with Crippen molar-refractivity contribution in [2.45, 2.75) is 38.8 Å². The molecule has 0 saturated heterocycles. The Hall–Kier alpha value is -0.940. The third-order valence-corrected chi connectivity index (χ3v) is 2.48. The van der Waals surface area contributed by atoms with Gasteiger partial charge in [-0.25, -0.2) is 4.98 Å². The third kappa shape index (κ3) is 4.40. The second-order valence-corrected chi connectivity index (χ2v) is 5.19. The van der Waals surface area contributed by atoms with Crippen LogP contribution >= 0.6 is 11.3 Å². The van der Waals surface area contributed by atoms with Gasteiger partial charge in [-0.1, -0.05) is 0 Å². The van der Waals surface area contributed by atoms with Crippen molar-refractivity contribution < 1.29 is 9.53 Å². The maximum atomic E-state index is 11.4. The van der Waals surface area contributed by atoms with Crippen molar-refractivity contribution in [1.29, 1.82) is 0 Å². The van der Waals surface area contributed by atoms with Gasteiger partial charge < -0.3 is 10.5 Å². The average Bonchev–Trinajstić information content (AvgIpc) is 2.50. The molecule has 5 heteroatoms. The molecule has 0 spiro atoms. The van der Waals surface area contributed by atoms with Crippen LogP contribution < -0.4 is 5.73 Å². The van der Waals surface area contributed by atoms with Crippen LogP contribution in [0.3, 0.4) is 0 Å². The number of aromatic nitrogens is 1. The van der Waals surface area contributed by atoms with Crippen molar-refractivity contribution in [2.75, 3.05) is 0 Å². The molecular formula is C10H16N2O2S. The molecule has 4 nitrogen and oxygen atoms in total. The molecule has 0 aromatic carbocycles. The van der Waals surface area contributed by atoms with Gasteiger partial charge in [0, 0.05) is 11.6 Å². The van der Waals surface area contributed by atoms with Gasteiger partial charge in [0.15, 0.2) is 0 Å². The summed E-state index contributed by atoms with van der Waals surface area (Å²) in [6.45, 7) is 5.50. The summed E-state index contributed by atoms with van der Waals surface area (Å²) >= 11 is 1.45. The van der Waals surface area contributed by atoms with Gasteiger partial charge in [-0.15, -0.1) is 11.3 Å². The van der Waals surface area contributed by atoms with Gasteiger partial charge in [-0.3, -0.25) is 4.79 Å². The second kappa shape index (κ2) is 4.72. The number of carbonyl (C=O) groups is 1. The molecule has 0 aliphatic rings. The van der Waals surface area contributed by atoms with E-state index >= 15 is 0 Å². The minimum atomic E-state index is -0.459. The topological polar surface area (TPSA) is 65.2 Å². The van der Waals surface area contributed by atoms with Crippen LogP contribution in [0.15, 0.2) is 11.6 Å². The van der Waals surface area contributed by atoms with Crippen molar-refractivity contribution in [1.82, 2.24) is 4.98 Å². The summed E-state index contributed by atoms with van der Waals surface area (Å²) in [5.41, 5.74) is 5.35. The lowest BCUT2D eigenvalue weighted by Gasteiger charge is -2.20. The number of nitrogens with zero attached hydrogens (tertiary/aromatic N) is 1. The number of thiazole rings is 1. The lowest BCUT2D eigenvalue weighted by atomic mass is 10.2. The lowest BCUT2D eigenvalue weighted by molar-refractivity contribution is -0.155. The molecule has 0 bridgehead atoms. The van der Waals surface area contributed by atoms with Crippen molar-refractivity contribution in [3.63, 3.8) is 0 Å². The molecule has 15 heavy (non-hydrogen) atoms. The molecule has 1 heterocycles. The molecule has 0 saturated carbocycles. The molecule has 1 atom stereocenters. The number of hydrogen-bond acceptors (Lipinski definition) is 5. The van der Waals surface area contributed by atoms with Crippen LogP contribution in [0.25, 0.3) is 0 Å². The van der Waals surface area contributed by atoms with Gasteiger partial charge in [0.2, 0.25) is 0 Å². The fraction of sp³-hybridized carbons (Fsp3) is 0.600. The Morgan fingerprint density at radius 2 is 2.33 bits per heavy atom. The molecule has 0 amide bonds. The zero-order valence-electron chi connectivity index (χ0n) is 9.19. The number of esters is 1. The van der Waals surface area contributed by atoms with Crippen molar-refractivity contribution in [3.05, 3.63) is 16.6 Å². The number of rotatable bonds is 3. The van der Waals surface area contributed by atoms with E-state index in [1.54, 1.807) is 6.20 Å². The van der Waals surface area contributed by atoms with Crippen LogP contribution in [0.2, 0.25) is 0 Å². The summed E-state index contributed by atoms with van der Waals surface area (Å²) in [4.78, 5) is 15.5. The van der Waals surface area contributed by atoms with Crippen molar-refractivity contribution >= 4 is 17.3 Å². The van der Waals surface area contributed by atoms with E-state index in [0.29, 0.717) is 0 Å². The Morgan fingerprint density at radius 1 is 1.67 bits per heavy atom. The summed E-state index contributed by atoms with van der Waals surface area (Å²) < 4.78 is 5.16. The first-order valence-electron chi connectivity index (χ1n) is 4.75. The molecule has 1 rings (SSSR count). The molecule has 1 aromatic heterocycles. The molecule has 1 unspecified atom stereocenters. The van der Waals surface area contributed by atoms with Gasteiger partial charge in [-0.05, 0) is 20.8 Å². The lowest BCUT2D eigenvalue weighted by Crippen LogP contribution is -2.26. The second-order valence-electron chi connectivity index (χ2n) is 4.27. The standard InChI is InChI=1S/C10H16N2O2S/c1-10(2,3)14-8(13)6-7(11)9-12-4-5-15-9/h4-5,7H,6,11H2,1-3H3. The van der Waals surface area contributed by atoms with E-state index in [1.165, 1.54) is 11.3 Å². The summed E-state index contributed by atoms with van der Waals surface area (Å²) in [6, 6.07) is -0.361. The fourth-order valence-corrected chi connectivity index (χ4v) is 1.71. The quantitative estimate of drug-likeness (QED) is 0.802. The first-order chi connectivity index (χ1) is 6.88. The van der Waals surface area contributed by atoms with Gasteiger partial charge in [-0.2, -0.15) is 0 Å². The van der Waals surface area contributed by atoms with E-state index in [9.17, 15) is 4.79 Å². The van der Waals surface area contributed by atoms with Crippen molar-refractivity contribution in [3.8, 4) is 0 Å². The summed E-state index contributed by atoms with van der Waals surface area (Å²) in [6.07, 6.45) is 1.85. The largest absolute Gasteiger partial charge is 0.460 e. The van der Waals surface area contributed by atoms with E-state index in [1.807, 2.05) is 26.2 Å². The summed E-state index contributed by atoms with van der Waals surface area (Å²) in [7, 11) is 0. The average molecular weight is 228 g/mol. The Labute approximate surface area is 93.5 Å². The van der Waals surface area contributed by atoms with Crippen LogP contribution in [0.1, 0.15) is 38.2 Å². The molecule has 0 radical (unpaired) electrons. The van der Waals surface area contributed by atoms with Crippen LogP contribution in [0.4, 0.5) is 0 Å². The molecule has 84 valence electrons. The minimum absolute atomic E-state index is 0.171. The SMILES string of the molecule is CC(C)(C)OC(=O)CC(N)c1nccs1. The van der Waals surface area contributed by atoms with Crippen LogP contribution in [0, 0.1) is 0 Å². The highest BCUT2D eigenvalue weighted by molar-refractivity contribution is 7.09. The smallest absolute Gasteiger partial charge is 0.308 e. The van der Waals surface area contributed by atoms with Crippen LogP contribution in [-0.2, 0) is 9.53 Å². The Balaban J connectivity index is 2.45. The normalized spacial score (nSPS) is 13.6. The van der Waals surface area contributed by atoms with Crippen LogP contribution in [-0.4, -0.2) is 16.6 Å². The van der Waals surface area contributed by atoms with E-state index in [4.69, 9.17) is 10.5 Å². The molecule has 0 aliphatic heterocycles. The van der Waals surface area contributed by atoms with E-state index in [-0.39, 0.29) is 18.4 Å². The maximum Gasteiger partial charge on any atom is 0.308 e. The minimum Gasteiger partial charge on any atom is -0.460 e. The van der Waals surface area contributed by atoms with Gasteiger partial charge in [0.25, 0.3) is 0 Å². The predicted octanol–water partition coefficient (Wildman–Crippen LogP) is 1.87. The zero-order valence-corrected chi connectivity index (χ0v) is 10.0. The zero-order chi connectivity index (χ0) is 11.5. The van der Waals surface area contributed by atoms with Gasteiger partial charge in [0.05, 0.1) is 12.5 Å². The van der Waals surface area contributed by atoms with Gasteiger partial charge >= 0.3 is 5.97 Å². The number of nitrogens with two attached hydrogens (primary N) is 1. The molecule has 0 aliphatic carbocycles. The molecule has 1 aromatic rings. The van der Waals surface area contributed by atoms with Gasteiger partial charge in [0.1, 0.15) is 10.6 Å². The van der Waals surface area contributed by atoms with E-state index in [0.717, 1.165) is 5.01 Å². The summed E-state index contributed by atoms with van der Waals surface area (Å²) in [5.74, 6) is -0.287. The highest BCUT2D eigenvalue weighted by Gasteiger charge is 2.20.